The monoisotopic (exact) mass is 265 g/mol. The molecule has 1 aromatic rings. The number of nitrogens with zero attached hydrogens (tertiary/aromatic N) is 2. The number of methoxy groups -OCH3 is 1. The van der Waals surface area contributed by atoms with Crippen LogP contribution >= 0.6 is 11.8 Å². The Kier molecular flexibility index (Phi) is 6.69. The molecule has 1 rings (SSSR count). The van der Waals surface area contributed by atoms with Gasteiger partial charge in [0.25, 0.3) is 0 Å². The first-order chi connectivity index (χ1) is 8.80. The third-order valence-corrected chi connectivity index (χ3v) is 2.54. The average molecular weight is 265 g/mol. The number of amidine groups is 1. The lowest BCUT2D eigenvalue weighted by Gasteiger charge is -2.06. The Hall–Kier alpha value is -1.71. The molecule has 1 N–H and O–H groups in total. The van der Waals surface area contributed by atoms with E-state index in [2.05, 4.69) is 10.3 Å². The molecule has 96 valence electrons. The van der Waals surface area contributed by atoms with Gasteiger partial charge in [-0.15, -0.1) is 0 Å². The topological polar surface area (TPSA) is 66.6 Å². The van der Waals surface area contributed by atoms with Gasteiger partial charge >= 0.3 is 0 Å². The van der Waals surface area contributed by atoms with Crippen molar-refractivity contribution in [2.45, 2.75) is 0 Å². The van der Waals surface area contributed by atoms with Crippen molar-refractivity contribution in [3.63, 3.8) is 0 Å². The molecule has 0 spiro atoms. The van der Waals surface area contributed by atoms with Gasteiger partial charge in [-0.1, -0.05) is 17.8 Å². The van der Waals surface area contributed by atoms with Crippen molar-refractivity contribution in [1.29, 1.82) is 5.26 Å². The molecule has 0 unspecified atom stereocenters. The number of nitrogens with one attached hydrogen (secondary N) is 1. The van der Waals surface area contributed by atoms with Crippen LogP contribution in [0.4, 0.5) is 5.69 Å². The highest BCUT2D eigenvalue weighted by Gasteiger charge is 1.99. The largest absolute Gasteiger partial charge is 0.491 e. The van der Waals surface area contributed by atoms with E-state index in [9.17, 15) is 0 Å². The summed E-state index contributed by atoms with van der Waals surface area (Å²) >= 11 is 1.37. The van der Waals surface area contributed by atoms with E-state index < -0.39 is 0 Å². The number of rotatable bonds is 5. The molecule has 0 aromatic heterocycles. The van der Waals surface area contributed by atoms with E-state index in [4.69, 9.17) is 14.7 Å². The summed E-state index contributed by atoms with van der Waals surface area (Å²) in [5.41, 5.74) is 0.733. The van der Waals surface area contributed by atoms with Crippen LogP contribution in [0.2, 0.25) is 0 Å². The van der Waals surface area contributed by atoms with E-state index in [0.717, 1.165) is 11.4 Å². The van der Waals surface area contributed by atoms with Crippen molar-refractivity contribution >= 4 is 22.6 Å². The molecule has 0 radical (unpaired) electrons. The number of thioether (sulfide) groups is 1. The minimum atomic E-state index is 0.496. The predicted octanol–water partition coefficient (Wildman–Crippen LogP) is 2.13. The van der Waals surface area contributed by atoms with E-state index >= 15 is 0 Å². The van der Waals surface area contributed by atoms with Crippen molar-refractivity contribution in [3.05, 3.63) is 24.3 Å². The highest BCUT2D eigenvalue weighted by molar-refractivity contribution is 8.13. The molecular formula is C12H15N3O2S. The second-order valence-electron chi connectivity index (χ2n) is 3.20. The van der Waals surface area contributed by atoms with Crippen LogP contribution in [-0.4, -0.2) is 31.7 Å². The Labute approximate surface area is 111 Å². The Morgan fingerprint density at radius 3 is 3.00 bits per heavy atom. The SMILES string of the molecule is COCCOc1cccc(N=C(NC#N)SC)c1. The van der Waals surface area contributed by atoms with Crippen LogP contribution < -0.4 is 10.1 Å². The fourth-order valence-electron chi connectivity index (χ4n) is 1.18. The lowest BCUT2D eigenvalue weighted by atomic mass is 10.3. The van der Waals surface area contributed by atoms with Gasteiger partial charge < -0.3 is 9.47 Å². The van der Waals surface area contributed by atoms with Gasteiger partial charge in [-0.2, -0.15) is 5.26 Å². The number of hydrogen-bond acceptors (Lipinski definition) is 5. The smallest absolute Gasteiger partial charge is 0.183 e. The minimum Gasteiger partial charge on any atom is -0.491 e. The van der Waals surface area contributed by atoms with Crippen LogP contribution in [0.5, 0.6) is 5.75 Å². The second-order valence-corrected chi connectivity index (χ2v) is 3.99. The number of aliphatic imine (C=N–C) groups is 1. The molecule has 0 fully saturated rings. The number of benzene rings is 1. The zero-order chi connectivity index (χ0) is 13.2. The number of nitriles is 1. The summed E-state index contributed by atoms with van der Waals surface area (Å²) in [6, 6.07) is 7.36. The van der Waals surface area contributed by atoms with E-state index in [-0.39, 0.29) is 0 Å². The summed E-state index contributed by atoms with van der Waals surface area (Å²) in [7, 11) is 1.63. The molecule has 0 heterocycles. The summed E-state index contributed by atoms with van der Waals surface area (Å²) in [6.45, 7) is 1.04. The normalized spacial score (nSPS) is 10.8. The first-order valence-electron chi connectivity index (χ1n) is 5.29. The standard InChI is InChI=1S/C12H15N3O2S/c1-16-6-7-17-11-5-3-4-10(8-11)15-12(18-2)14-9-13/h3-5,8H,6-7H2,1-2H3,(H,14,15). The lowest BCUT2D eigenvalue weighted by Crippen LogP contribution is -2.12. The van der Waals surface area contributed by atoms with E-state index in [1.54, 1.807) is 7.11 Å². The van der Waals surface area contributed by atoms with Gasteiger partial charge in [-0.05, 0) is 18.4 Å². The molecule has 0 aliphatic carbocycles. The Morgan fingerprint density at radius 1 is 1.50 bits per heavy atom. The van der Waals surface area contributed by atoms with Crippen molar-refractivity contribution in [2.24, 2.45) is 4.99 Å². The molecule has 1 aromatic carbocycles. The van der Waals surface area contributed by atoms with Gasteiger partial charge in [0.2, 0.25) is 0 Å². The van der Waals surface area contributed by atoms with Gasteiger partial charge in [0, 0.05) is 13.2 Å². The molecular weight excluding hydrogens is 250 g/mol. The quantitative estimate of drug-likeness (QED) is 0.290. The van der Waals surface area contributed by atoms with E-state index in [1.165, 1.54) is 11.8 Å². The zero-order valence-electron chi connectivity index (χ0n) is 10.3. The zero-order valence-corrected chi connectivity index (χ0v) is 11.2. The maximum Gasteiger partial charge on any atom is 0.183 e. The molecule has 0 aliphatic rings. The average Bonchev–Trinajstić information content (AvgIpc) is 2.39. The molecule has 0 bridgehead atoms. The predicted molar refractivity (Wildman–Crippen MR) is 73.2 cm³/mol. The van der Waals surface area contributed by atoms with Crippen LogP contribution in [0.15, 0.2) is 29.3 Å². The lowest BCUT2D eigenvalue weighted by molar-refractivity contribution is 0.146. The van der Waals surface area contributed by atoms with Crippen LogP contribution in [0, 0.1) is 11.5 Å². The highest BCUT2D eigenvalue weighted by Crippen LogP contribution is 2.20. The maximum atomic E-state index is 8.55. The van der Waals surface area contributed by atoms with Crippen LogP contribution in [-0.2, 0) is 4.74 Å². The summed E-state index contributed by atoms with van der Waals surface area (Å²) in [6.07, 6.45) is 3.70. The summed E-state index contributed by atoms with van der Waals surface area (Å²) in [5.74, 6) is 0.728. The Morgan fingerprint density at radius 2 is 2.33 bits per heavy atom. The van der Waals surface area contributed by atoms with Gasteiger partial charge in [-0.3, -0.25) is 5.32 Å². The van der Waals surface area contributed by atoms with E-state index in [1.807, 2.05) is 36.7 Å². The Bertz CT molecular complexity index is 443. The fourth-order valence-corrected chi connectivity index (χ4v) is 1.52. The van der Waals surface area contributed by atoms with Crippen LogP contribution in [0.1, 0.15) is 0 Å². The van der Waals surface area contributed by atoms with Gasteiger partial charge in [0.15, 0.2) is 11.4 Å². The Balaban J connectivity index is 2.72. The first-order valence-corrected chi connectivity index (χ1v) is 6.52. The molecule has 0 saturated carbocycles. The molecule has 6 heteroatoms. The van der Waals surface area contributed by atoms with E-state index in [0.29, 0.717) is 18.4 Å². The first kappa shape index (κ1) is 14.4. The van der Waals surface area contributed by atoms with Crippen molar-refractivity contribution in [2.75, 3.05) is 26.6 Å². The van der Waals surface area contributed by atoms with Crippen LogP contribution in [0.3, 0.4) is 0 Å². The van der Waals surface area contributed by atoms with Crippen molar-refractivity contribution < 1.29 is 9.47 Å². The van der Waals surface area contributed by atoms with Crippen LogP contribution in [0.25, 0.3) is 0 Å². The summed E-state index contributed by atoms with van der Waals surface area (Å²) in [4.78, 5) is 4.29. The molecule has 5 nitrogen and oxygen atoms in total. The van der Waals surface area contributed by atoms with Crippen molar-refractivity contribution in [3.8, 4) is 11.9 Å². The van der Waals surface area contributed by atoms with Gasteiger partial charge in [0.1, 0.15) is 12.4 Å². The molecule has 0 aliphatic heterocycles. The molecule has 0 atom stereocenters. The third-order valence-electron chi connectivity index (χ3n) is 1.96. The van der Waals surface area contributed by atoms with Gasteiger partial charge in [-0.25, -0.2) is 4.99 Å². The summed E-state index contributed by atoms with van der Waals surface area (Å²) < 4.78 is 10.4. The maximum absolute atomic E-state index is 8.55. The second kappa shape index (κ2) is 8.39. The highest BCUT2D eigenvalue weighted by atomic mass is 32.2. The molecule has 0 saturated heterocycles. The summed E-state index contributed by atoms with van der Waals surface area (Å²) in [5, 5.41) is 11.6. The number of ether oxygens (including phenoxy) is 2. The molecule has 0 amide bonds. The number of hydrogen-bond donors (Lipinski definition) is 1. The fraction of sp³-hybridized carbons (Fsp3) is 0.333. The van der Waals surface area contributed by atoms with Crippen molar-refractivity contribution in [1.82, 2.24) is 5.32 Å². The molecule has 18 heavy (non-hydrogen) atoms. The third kappa shape index (κ3) is 5.08. The van der Waals surface area contributed by atoms with Gasteiger partial charge in [0.05, 0.1) is 12.3 Å². The minimum absolute atomic E-state index is 0.496.